The normalized spacial score (nSPS) is 22.8. The zero-order valence-corrected chi connectivity index (χ0v) is 11.6. The number of benzene rings is 1. The van der Waals surface area contributed by atoms with Crippen molar-refractivity contribution in [2.45, 2.75) is 32.6 Å². The quantitative estimate of drug-likeness (QED) is 0.769. The summed E-state index contributed by atoms with van der Waals surface area (Å²) in [4.78, 5) is 0. The Bertz CT molecular complexity index is 394. The first kappa shape index (κ1) is 13.8. The first-order chi connectivity index (χ1) is 8.70. The maximum absolute atomic E-state index is 13.1. The number of nitrogens with one attached hydrogen (secondary N) is 1. The molecule has 100 valence electrons. The Balaban J connectivity index is 1.83. The predicted molar refractivity (Wildman–Crippen MR) is 74.5 cm³/mol. The van der Waals surface area contributed by atoms with Gasteiger partial charge < -0.3 is 5.32 Å². The average Bonchev–Trinajstić information content (AvgIpc) is 2.34. The van der Waals surface area contributed by atoms with Crippen molar-refractivity contribution in [1.82, 2.24) is 5.32 Å². The van der Waals surface area contributed by atoms with Crippen LogP contribution < -0.4 is 5.32 Å². The third-order valence-electron chi connectivity index (χ3n) is 3.89. The molecular weight excluding hydrogens is 249 g/mol. The highest BCUT2D eigenvalue weighted by Crippen LogP contribution is 2.36. The van der Waals surface area contributed by atoms with E-state index in [2.05, 4.69) is 12.2 Å². The van der Waals surface area contributed by atoms with Gasteiger partial charge >= 0.3 is 0 Å². The van der Waals surface area contributed by atoms with Crippen LogP contribution in [0.3, 0.4) is 0 Å². The maximum Gasteiger partial charge on any atom is 0.141 e. The third-order valence-corrected chi connectivity index (χ3v) is 4.18. The van der Waals surface area contributed by atoms with E-state index in [0.717, 1.165) is 36.9 Å². The molecule has 1 N–H and O–H groups in total. The maximum atomic E-state index is 13.1. The van der Waals surface area contributed by atoms with E-state index in [0.29, 0.717) is 0 Å². The van der Waals surface area contributed by atoms with Gasteiger partial charge in [-0.25, -0.2) is 4.39 Å². The molecule has 1 saturated carbocycles. The highest BCUT2D eigenvalue weighted by atomic mass is 35.5. The van der Waals surface area contributed by atoms with Gasteiger partial charge in [-0.05, 0) is 68.3 Å². The molecule has 1 fully saturated rings. The van der Waals surface area contributed by atoms with Crippen molar-refractivity contribution < 1.29 is 4.39 Å². The lowest BCUT2D eigenvalue weighted by Crippen LogP contribution is -2.36. The molecule has 1 aliphatic rings. The van der Waals surface area contributed by atoms with Crippen LogP contribution in [0.15, 0.2) is 18.2 Å². The lowest BCUT2D eigenvalue weighted by Gasteiger charge is -2.37. The number of hydrogen-bond donors (Lipinski definition) is 1. The molecule has 2 rings (SSSR count). The highest BCUT2D eigenvalue weighted by Gasteiger charge is 2.30. The van der Waals surface area contributed by atoms with Crippen LogP contribution in [-0.4, -0.2) is 13.1 Å². The smallest absolute Gasteiger partial charge is 0.141 e. The Hall–Kier alpha value is -0.600. The Kier molecular flexibility index (Phi) is 5.02. The van der Waals surface area contributed by atoms with Gasteiger partial charge in [-0.2, -0.15) is 0 Å². The van der Waals surface area contributed by atoms with E-state index in [4.69, 9.17) is 11.6 Å². The molecule has 0 aromatic heterocycles. The van der Waals surface area contributed by atoms with E-state index in [1.807, 2.05) is 6.07 Å². The summed E-state index contributed by atoms with van der Waals surface area (Å²) in [6.45, 7) is 4.41. The SMILES string of the molecule is CCCNCC1CCC1Cc1ccc(F)c(Cl)c1. The predicted octanol–water partition coefficient (Wildman–Crippen LogP) is 4.05. The first-order valence-electron chi connectivity index (χ1n) is 6.85. The monoisotopic (exact) mass is 269 g/mol. The summed E-state index contributed by atoms with van der Waals surface area (Å²) in [5, 5.41) is 3.73. The van der Waals surface area contributed by atoms with Crippen LogP contribution in [0.2, 0.25) is 5.02 Å². The van der Waals surface area contributed by atoms with Crippen molar-refractivity contribution in [3.05, 3.63) is 34.6 Å². The fourth-order valence-corrected chi connectivity index (χ4v) is 2.81. The standard InChI is InChI=1S/C15H21ClFN/c1-2-7-18-10-13-5-4-12(13)8-11-3-6-15(17)14(16)9-11/h3,6,9,12-13,18H,2,4-5,7-8,10H2,1H3. The van der Waals surface area contributed by atoms with Gasteiger partial charge in [0.05, 0.1) is 5.02 Å². The van der Waals surface area contributed by atoms with Gasteiger partial charge in [0.2, 0.25) is 0 Å². The van der Waals surface area contributed by atoms with Gasteiger partial charge in [0.15, 0.2) is 0 Å². The van der Waals surface area contributed by atoms with Crippen molar-refractivity contribution >= 4 is 11.6 Å². The first-order valence-corrected chi connectivity index (χ1v) is 7.23. The van der Waals surface area contributed by atoms with Crippen molar-refractivity contribution in [3.8, 4) is 0 Å². The van der Waals surface area contributed by atoms with Crippen molar-refractivity contribution in [2.24, 2.45) is 11.8 Å². The Morgan fingerprint density at radius 2 is 2.11 bits per heavy atom. The summed E-state index contributed by atoms with van der Waals surface area (Å²) < 4.78 is 13.1. The van der Waals surface area contributed by atoms with Crippen molar-refractivity contribution in [1.29, 1.82) is 0 Å². The Morgan fingerprint density at radius 3 is 2.72 bits per heavy atom. The minimum Gasteiger partial charge on any atom is -0.316 e. The minimum atomic E-state index is -0.324. The van der Waals surface area contributed by atoms with E-state index in [9.17, 15) is 4.39 Å². The molecule has 18 heavy (non-hydrogen) atoms. The summed E-state index contributed by atoms with van der Waals surface area (Å²) in [7, 11) is 0. The zero-order chi connectivity index (χ0) is 13.0. The molecule has 0 amide bonds. The van der Waals surface area contributed by atoms with Crippen molar-refractivity contribution in [2.75, 3.05) is 13.1 Å². The van der Waals surface area contributed by atoms with Gasteiger partial charge in [-0.15, -0.1) is 0 Å². The summed E-state index contributed by atoms with van der Waals surface area (Å²) in [6.07, 6.45) is 4.81. The van der Waals surface area contributed by atoms with Gasteiger partial charge in [-0.1, -0.05) is 24.6 Å². The second-order valence-corrected chi connectivity index (χ2v) is 5.66. The van der Waals surface area contributed by atoms with Crippen LogP contribution in [0.25, 0.3) is 0 Å². The van der Waals surface area contributed by atoms with Crippen LogP contribution in [0.1, 0.15) is 31.7 Å². The van der Waals surface area contributed by atoms with Gasteiger partial charge in [0.1, 0.15) is 5.82 Å². The lowest BCUT2D eigenvalue weighted by atomic mass is 9.70. The molecule has 0 heterocycles. The van der Waals surface area contributed by atoms with E-state index in [1.54, 1.807) is 6.07 Å². The topological polar surface area (TPSA) is 12.0 Å². The molecule has 0 bridgehead atoms. The molecule has 1 aromatic rings. The molecule has 1 nitrogen and oxygen atoms in total. The van der Waals surface area contributed by atoms with E-state index in [1.165, 1.54) is 25.3 Å². The van der Waals surface area contributed by atoms with Crippen molar-refractivity contribution in [3.63, 3.8) is 0 Å². The molecule has 0 aliphatic heterocycles. The molecule has 1 aromatic carbocycles. The van der Waals surface area contributed by atoms with Crippen LogP contribution in [0.4, 0.5) is 4.39 Å². The van der Waals surface area contributed by atoms with Crippen LogP contribution in [-0.2, 0) is 6.42 Å². The number of rotatable bonds is 6. The second kappa shape index (κ2) is 6.53. The molecular formula is C15H21ClFN. The fourth-order valence-electron chi connectivity index (χ4n) is 2.61. The molecule has 0 spiro atoms. The van der Waals surface area contributed by atoms with Crippen LogP contribution in [0.5, 0.6) is 0 Å². The summed E-state index contributed by atoms with van der Waals surface area (Å²) in [6, 6.07) is 5.10. The fraction of sp³-hybridized carbons (Fsp3) is 0.600. The van der Waals surface area contributed by atoms with Gasteiger partial charge in [-0.3, -0.25) is 0 Å². The van der Waals surface area contributed by atoms with E-state index in [-0.39, 0.29) is 10.8 Å². The largest absolute Gasteiger partial charge is 0.316 e. The second-order valence-electron chi connectivity index (χ2n) is 5.25. The van der Waals surface area contributed by atoms with E-state index < -0.39 is 0 Å². The minimum absolute atomic E-state index is 0.243. The van der Waals surface area contributed by atoms with Crippen LogP contribution >= 0.6 is 11.6 Å². The lowest BCUT2D eigenvalue weighted by molar-refractivity contribution is 0.171. The molecule has 1 aliphatic carbocycles. The molecule has 0 radical (unpaired) electrons. The van der Waals surface area contributed by atoms with Crippen LogP contribution in [0, 0.1) is 17.7 Å². The molecule has 2 atom stereocenters. The van der Waals surface area contributed by atoms with E-state index >= 15 is 0 Å². The van der Waals surface area contributed by atoms with Gasteiger partial charge in [0, 0.05) is 0 Å². The zero-order valence-electron chi connectivity index (χ0n) is 10.9. The number of hydrogen-bond acceptors (Lipinski definition) is 1. The summed E-state index contributed by atoms with van der Waals surface area (Å²) >= 11 is 5.81. The Morgan fingerprint density at radius 1 is 1.33 bits per heavy atom. The van der Waals surface area contributed by atoms with Gasteiger partial charge in [0.25, 0.3) is 0 Å². The Labute approximate surface area is 114 Å². The summed E-state index contributed by atoms with van der Waals surface area (Å²) in [5.74, 6) is 1.19. The molecule has 2 unspecified atom stereocenters. The highest BCUT2D eigenvalue weighted by molar-refractivity contribution is 6.30. The summed E-state index contributed by atoms with van der Waals surface area (Å²) in [5.41, 5.74) is 1.16. The molecule has 0 saturated heterocycles. The molecule has 3 heteroatoms. The number of halogens is 2. The third kappa shape index (κ3) is 3.46. The average molecular weight is 270 g/mol.